The molecule has 1 heterocycles. The number of nitrogens with zero attached hydrogens (tertiary/aromatic N) is 1. The third-order valence-electron chi connectivity index (χ3n) is 3.41. The van der Waals surface area contributed by atoms with Crippen LogP contribution in [0.15, 0.2) is 41.8 Å². The van der Waals surface area contributed by atoms with Crippen LogP contribution in [0.3, 0.4) is 0 Å². The van der Waals surface area contributed by atoms with Crippen molar-refractivity contribution in [3.05, 3.63) is 52.2 Å². The first-order chi connectivity index (χ1) is 10.6. The van der Waals surface area contributed by atoms with Crippen molar-refractivity contribution in [3.63, 3.8) is 0 Å². The number of rotatable bonds is 7. The Bertz CT molecular complexity index is 581. The zero-order valence-electron chi connectivity index (χ0n) is 13.2. The highest BCUT2D eigenvalue weighted by Crippen LogP contribution is 2.17. The first-order valence-corrected chi connectivity index (χ1v) is 8.10. The molecule has 1 atom stereocenters. The first-order valence-electron chi connectivity index (χ1n) is 7.22. The fourth-order valence-electron chi connectivity index (χ4n) is 2.23. The summed E-state index contributed by atoms with van der Waals surface area (Å²) >= 11 is 1.71. The van der Waals surface area contributed by atoms with E-state index in [0.717, 1.165) is 17.9 Å². The number of benzene rings is 1. The van der Waals surface area contributed by atoms with Crippen molar-refractivity contribution in [2.45, 2.75) is 19.5 Å². The standard InChI is InChI=1S/C17H22N2O2S/c1-13(14-6-8-15(21-3)9-7-14)18-17(20)12-19(2)11-16-5-4-10-22-16/h4-10,13H,11-12H2,1-3H3,(H,18,20). The Balaban J connectivity index is 1.82. The van der Waals surface area contributed by atoms with E-state index in [-0.39, 0.29) is 11.9 Å². The summed E-state index contributed by atoms with van der Waals surface area (Å²) in [6, 6.07) is 11.8. The minimum atomic E-state index is -0.0199. The zero-order valence-corrected chi connectivity index (χ0v) is 14.0. The van der Waals surface area contributed by atoms with E-state index in [9.17, 15) is 4.79 Å². The fourth-order valence-corrected chi connectivity index (χ4v) is 3.02. The molecule has 0 aliphatic heterocycles. The molecule has 4 nitrogen and oxygen atoms in total. The van der Waals surface area contributed by atoms with Gasteiger partial charge in [-0.3, -0.25) is 9.69 Å². The van der Waals surface area contributed by atoms with Crippen LogP contribution in [-0.4, -0.2) is 31.5 Å². The Labute approximate surface area is 135 Å². The van der Waals surface area contributed by atoms with Gasteiger partial charge in [0, 0.05) is 11.4 Å². The number of amides is 1. The van der Waals surface area contributed by atoms with E-state index in [4.69, 9.17) is 4.74 Å². The van der Waals surface area contributed by atoms with E-state index >= 15 is 0 Å². The summed E-state index contributed by atoms with van der Waals surface area (Å²) in [7, 11) is 3.60. The van der Waals surface area contributed by atoms with Crippen molar-refractivity contribution in [1.82, 2.24) is 10.2 Å². The van der Waals surface area contributed by atoms with E-state index in [1.807, 2.05) is 49.2 Å². The molecule has 2 rings (SSSR count). The molecule has 2 aromatic rings. The van der Waals surface area contributed by atoms with Gasteiger partial charge in [0.05, 0.1) is 19.7 Å². The van der Waals surface area contributed by atoms with E-state index in [1.165, 1.54) is 4.88 Å². The van der Waals surface area contributed by atoms with Crippen molar-refractivity contribution in [2.75, 3.05) is 20.7 Å². The van der Waals surface area contributed by atoms with Crippen molar-refractivity contribution in [2.24, 2.45) is 0 Å². The van der Waals surface area contributed by atoms with E-state index in [1.54, 1.807) is 18.4 Å². The Hall–Kier alpha value is -1.85. The molecule has 1 amide bonds. The molecular weight excluding hydrogens is 296 g/mol. The smallest absolute Gasteiger partial charge is 0.234 e. The van der Waals surface area contributed by atoms with Crippen LogP contribution in [0, 0.1) is 0 Å². The van der Waals surface area contributed by atoms with Gasteiger partial charge >= 0.3 is 0 Å². The number of carbonyl (C=O) groups excluding carboxylic acids is 1. The van der Waals surface area contributed by atoms with Crippen LogP contribution in [-0.2, 0) is 11.3 Å². The van der Waals surface area contributed by atoms with Crippen LogP contribution in [0.2, 0.25) is 0 Å². The average Bonchev–Trinajstić information content (AvgIpc) is 2.99. The normalized spacial score (nSPS) is 12.2. The van der Waals surface area contributed by atoms with Gasteiger partial charge < -0.3 is 10.1 Å². The van der Waals surface area contributed by atoms with Gasteiger partial charge in [-0.05, 0) is 43.1 Å². The second-order valence-corrected chi connectivity index (χ2v) is 6.35. The predicted molar refractivity (Wildman–Crippen MR) is 90.2 cm³/mol. The van der Waals surface area contributed by atoms with Crippen molar-refractivity contribution < 1.29 is 9.53 Å². The monoisotopic (exact) mass is 318 g/mol. The molecule has 0 saturated carbocycles. The highest BCUT2D eigenvalue weighted by Gasteiger charge is 2.12. The molecule has 0 radical (unpaired) electrons. The summed E-state index contributed by atoms with van der Waals surface area (Å²) in [6.45, 7) is 3.17. The molecular formula is C17H22N2O2S. The number of hydrogen-bond acceptors (Lipinski definition) is 4. The lowest BCUT2D eigenvalue weighted by Crippen LogP contribution is -2.36. The number of carbonyl (C=O) groups is 1. The minimum absolute atomic E-state index is 0.0199. The number of likely N-dealkylation sites (N-methyl/N-ethyl adjacent to an activating group) is 1. The molecule has 0 fully saturated rings. The molecule has 0 aliphatic rings. The number of thiophene rings is 1. The van der Waals surface area contributed by atoms with Crippen molar-refractivity contribution in [1.29, 1.82) is 0 Å². The zero-order chi connectivity index (χ0) is 15.9. The number of hydrogen-bond donors (Lipinski definition) is 1. The van der Waals surface area contributed by atoms with Crippen LogP contribution < -0.4 is 10.1 Å². The molecule has 118 valence electrons. The Morgan fingerprint density at radius 3 is 2.64 bits per heavy atom. The summed E-state index contributed by atoms with van der Waals surface area (Å²) in [4.78, 5) is 15.4. The maximum Gasteiger partial charge on any atom is 0.234 e. The molecule has 22 heavy (non-hydrogen) atoms. The van der Waals surface area contributed by atoms with Gasteiger partial charge in [0.1, 0.15) is 5.75 Å². The van der Waals surface area contributed by atoms with E-state index in [0.29, 0.717) is 6.54 Å². The summed E-state index contributed by atoms with van der Waals surface area (Å²) < 4.78 is 5.14. The number of ether oxygens (including phenoxy) is 1. The van der Waals surface area contributed by atoms with Crippen LogP contribution >= 0.6 is 11.3 Å². The SMILES string of the molecule is COc1ccc(C(C)NC(=O)CN(C)Cc2cccs2)cc1. The maximum absolute atomic E-state index is 12.1. The summed E-state index contributed by atoms with van der Waals surface area (Å²) in [6.07, 6.45) is 0. The highest BCUT2D eigenvalue weighted by molar-refractivity contribution is 7.09. The van der Waals surface area contributed by atoms with Crippen molar-refractivity contribution in [3.8, 4) is 5.75 Å². The first kappa shape index (κ1) is 16.5. The van der Waals surface area contributed by atoms with Crippen LogP contribution in [0.5, 0.6) is 5.75 Å². The fraction of sp³-hybridized carbons (Fsp3) is 0.353. The predicted octanol–water partition coefficient (Wildman–Crippen LogP) is 3.07. The van der Waals surface area contributed by atoms with Gasteiger partial charge in [-0.1, -0.05) is 18.2 Å². The quantitative estimate of drug-likeness (QED) is 0.853. The Kier molecular flexibility index (Phi) is 5.98. The van der Waals surface area contributed by atoms with Gasteiger partial charge in [-0.25, -0.2) is 0 Å². The lowest BCUT2D eigenvalue weighted by Gasteiger charge is -2.19. The Morgan fingerprint density at radius 2 is 2.05 bits per heavy atom. The number of methoxy groups -OCH3 is 1. The van der Waals surface area contributed by atoms with Gasteiger partial charge in [0.2, 0.25) is 5.91 Å². The minimum Gasteiger partial charge on any atom is -0.497 e. The number of nitrogens with one attached hydrogen (secondary N) is 1. The summed E-state index contributed by atoms with van der Waals surface area (Å²) in [5.41, 5.74) is 1.06. The lowest BCUT2D eigenvalue weighted by molar-refractivity contribution is -0.122. The second-order valence-electron chi connectivity index (χ2n) is 5.31. The van der Waals surface area contributed by atoms with Gasteiger partial charge in [0.15, 0.2) is 0 Å². The third kappa shape index (κ3) is 4.86. The van der Waals surface area contributed by atoms with Gasteiger partial charge in [-0.15, -0.1) is 11.3 Å². The molecule has 1 aromatic heterocycles. The van der Waals surface area contributed by atoms with E-state index in [2.05, 4.69) is 16.8 Å². The Morgan fingerprint density at radius 1 is 1.32 bits per heavy atom. The molecule has 0 bridgehead atoms. The third-order valence-corrected chi connectivity index (χ3v) is 4.27. The van der Waals surface area contributed by atoms with Crippen LogP contribution in [0.25, 0.3) is 0 Å². The lowest BCUT2D eigenvalue weighted by atomic mass is 10.1. The topological polar surface area (TPSA) is 41.6 Å². The molecule has 0 saturated heterocycles. The van der Waals surface area contributed by atoms with E-state index < -0.39 is 0 Å². The average molecular weight is 318 g/mol. The molecule has 0 spiro atoms. The summed E-state index contributed by atoms with van der Waals surface area (Å²) in [5, 5.41) is 5.08. The maximum atomic E-state index is 12.1. The molecule has 0 aliphatic carbocycles. The molecule has 1 unspecified atom stereocenters. The van der Waals surface area contributed by atoms with Gasteiger partial charge in [-0.2, -0.15) is 0 Å². The molecule has 1 N–H and O–H groups in total. The molecule has 5 heteroatoms. The van der Waals surface area contributed by atoms with Crippen molar-refractivity contribution >= 4 is 17.2 Å². The summed E-state index contributed by atoms with van der Waals surface area (Å²) in [5.74, 6) is 0.848. The van der Waals surface area contributed by atoms with Gasteiger partial charge in [0.25, 0.3) is 0 Å². The highest BCUT2D eigenvalue weighted by atomic mass is 32.1. The second kappa shape index (κ2) is 7.96. The van der Waals surface area contributed by atoms with Crippen LogP contribution in [0.1, 0.15) is 23.4 Å². The largest absolute Gasteiger partial charge is 0.497 e. The van der Waals surface area contributed by atoms with Crippen LogP contribution in [0.4, 0.5) is 0 Å². The molecule has 1 aromatic carbocycles.